The van der Waals surface area contributed by atoms with Crippen LogP contribution in [0.2, 0.25) is 0 Å². The van der Waals surface area contributed by atoms with Crippen molar-refractivity contribution in [2.45, 2.75) is 18.3 Å². The van der Waals surface area contributed by atoms with Crippen LogP contribution in [-0.4, -0.2) is 29.8 Å². The number of hydrogen-bond acceptors (Lipinski definition) is 3. The summed E-state index contributed by atoms with van der Waals surface area (Å²) in [5.74, 6) is -16.0. The summed E-state index contributed by atoms with van der Waals surface area (Å²) in [6, 6.07) is 1.86. The molecule has 11 heteroatoms. The molecule has 1 aromatic heterocycles. The van der Waals surface area contributed by atoms with E-state index in [9.17, 15) is 44.7 Å². The van der Waals surface area contributed by atoms with Gasteiger partial charge in [0, 0.05) is 0 Å². The van der Waals surface area contributed by atoms with Gasteiger partial charge in [-0.1, -0.05) is 6.07 Å². The van der Waals surface area contributed by atoms with E-state index in [-0.39, 0.29) is 0 Å². The van der Waals surface area contributed by atoms with Crippen LogP contribution in [-0.2, 0) is 4.79 Å². The second kappa shape index (κ2) is 5.35. The van der Waals surface area contributed by atoms with Gasteiger partial charge < -0.3 is 0 Å². The van der Waals surface area contributed by atoms with Crippen molar-refractivity contribution in [2.75, 3.05) is 0 Å². The monoisotopic (exact) mass is 340 g/mol. The van der Waals surface area contributed by atoms with Crippen LogP contribution in [0.5, 0.6) is 0 Å². The second-order valence-electron chi connectivity index (χ2n) is 3.75. The van der Waals surface area contributed by atoms with Gasteiger partial charge in [-0.15, -0.1) is 11.3 Å². The quantitative estimate of drug-likeness (QED) is 0.474. The fraction of sp³-hybridized carbons (Fsp3) is 0.400. The number of rotatable bonds is 4. The third-order valence-electron chi connectivity index (χ3n) is 2.28. The number of ketones is 2. The summed E-state index contributed by atoms with van der Waals surface area (Å²) in [6.45, 7) is 0. The van der Waals surface area contributed by atoms with Gasteiger partial charge in [-0.2, -0.15) is 35.1 Å². The first-order valence-corrected chi connectivity index (χ1v) is 5.81. The summed E-state index contributed by atoms with van der Waals surface area (Å²) in [5.41, 5.74) is 0. The van der Waals surface area contributed by atoms with Gasteiger partial charge in [0.1, 0.15) is 0 Å². The van der Waals surface area contributed by atoms with Crippen molar-refractivity contribution >= 4 is 22.9 Å². The van der Waals surface area contributed by atoms with Crippen LogP contribution in [0.4, 0.5) is 35.1 Å². The van der Waals surface area contributed by atoms with Gasteiger partial charge in [0.2, 0.25) is 5.78 Å². The zero-order chi connectivity index (χ0) is 16.6. The Morgan fingerprint density at radius 3 is 1.86 bits per heavy atom. The molecule has 2 nitrogen and oxygen atoms in total. The van der Waals surface area contributed by atoms with E-state index < -0.39 is 40.6 Å². The largest absolute Gasteiger partial charge is 0.461 e. The van der Waals surface area contributed by atoms with Crippen molar-refractivity contribution in [1.29, 1.82) is 0 Å². The minimum Gasteiger partial charge on any atom is -0.292 e. The molecule has 0 spiro atoms. The van der Waals surface area contributed by atoms with Gasteiger partial charge in [0.05, 0.1) is 4.88 Å². The van der Waals surface area contributed by atoms with Crippen molar-refractivity contribution in [3.05, 3.63) is 22.4 Å². The molecule has 0 amide bonds. The summed E-state index contributed by atoms with van der Waals surface area (Å²) in [5, 5.41) is 1.10. The molecule has 1 aromatic rings. The Bertz CT molecular complexity index is 528. The van der Waals surface area contributed by atoms with E-state index >= 15 is 0 Å². The third kappa shape index (κ3) is 3.39. The van der Waals surface area contributed by atoms with Gasteiger partial charge in [-0.3, -0.25) is 9.59 Å². The molecule has 0 N–H and O–H groups in total. The lowest BCUT2D eigenvalue weighted by Crippen LogP contribution is -2.52. The number of halogens is 8. The molecule has 118 valence electrons. The molecule has 1 atom stereocenters. The maximum atomic E-state index is 12.8. The highest BCUT2D eigenvalue weighted by molar-refractivity contribution is 7.12. The Hall–Kier alpha value is -1.52. The van der Waals surface area contributed by atoms with Crippen molar-refractivity contribution < 1.29 is 44.7 Å². The highest BCUT2D eigenvalue weighted by Crippen LogP contribution is 2.42. The summed E-state index contributed by atoms with van der Waals surface area (Å²) >= 11 is 0.383. The zero-order valence-corrected chi connectivity index (χ0v) is 10.4. The van der Waals surface area contributed by atoms with Gasteiger partial charge in [0.15, 0.2) is 11.7 Å². The molecule has 1 rings (SSSR count). The first kappa shape index (κ1) is 17.5. The normalized spacial score (nSPS) is 14.9. The molecule has 0 radical (unpaired) electrons. The second-order valence-corrected chi connectivity index (χ2v) is 4.70. The molecule has 0 aliphatic rings. The van der Waals surface area contributed by atoms with E-state index in [2.05, 4.69) is 0 Å². The molecule has 1 unspecified atom stereocenters. The maximum Gasteiger partial charge on any atom is 0.461 e. The Morgan fingerprint density at radius 2 is 1.52 bits per heavy atom. The minimum absolute atomic E-state index is 0.383. The molecule has 0 aliphatic heterocycles. The number of carbonyl (C=O) groups is 2. The molecule has 0 aliphatic carbocycles. The molecule has 0 aromatic carbocycles. The van der Waals surface area contributed by atoms with Crippen LogP contribution in [0.25, 0.3) is 0 Å². The van der Waals surface area contributed by atoms with Gasteiger partial charge >= 0.3 is 18.3 Å². The van der Waals surface area contributed by atoms with Gasteiger partial charge in [-0.25, -0.2) is 0 Å². The van der Waals surface area contributed by atoms with Crippen LogP contribution < -0.4 is 0 Å². The number of alkyl halides is 8. The van der Waals surface area contributed by atoms with Crippen molar-refractivity contribution in [1.82, 2.24) is 0 Å². The molecule has 0 bridgehead atoms. The Balaban J connectivity index is 3.29. The van der Waals surface area contributed by atoms with E-state index in [4.69, 9.17) is 0 Å². The van der Waals surface area contributed by atoms with E-state index in [1.54, 1.807) is 0 Å². The Kier molecular flexibility index (Phi) is 4.47. The predicted molar refractivity (Wildman–Crippen MR) is 54.2 cm³/mol. The molecule has 0 saturated carbocycles. The topological polar surface area (TPSA) is 34.1 Å². The van der Waals surface area contributed by atoms with Crippen LogP contribution in [0.1, 0.15) is 9.67 Å². The summed E-state index contributed by atoms with van der Waals surface area (Å²) in [6.07, 6.45) is -12.4. The molecule has 21 heavy (non-hydrogen) atoms. The van der Waals surface area contributed by atoms with E-state index in [0.717, 1.165) is 17.5 Å². The van der Waals surface area contributed by atoms with E-state index in [1.165, 1.54) is 0 Å². The molecule has 1 heterocycles. The van der Waals surface area contributed by atoms with Gasteiger partial charge in [0.25, 0.3) is 0 Å². The fourth-order valence-corrected chi connectivity index (χ4v) is 1.99. The smallest absolute Gasteiger partial charge is 0.292 e. The third-order valence-corrected chi connectivity index (χ3v) is 3.17. The maximum absolute atomic E-state index is 12.8. The fourth-order valence-electron chi connectivity index (χ4n) is 1.30. The van der Waals surface area contributed by atoms with Crippen molar-refractivity contribution in [3.8, 4) is 0 Å². The number of carbonyl (C=O) groups excluding carboxylic acids is 2. The number of thiophene rings is 1. The van der Waals surface area contributed by atoms with Gasteiger partial charge in [-0.05, 0) is 11.4 Å². The highest BCUT2D eigenvalue weighted by atomic mass is 32.1. The summed E-state index contributed by atoms with van der Waals surface area (Å²) in [7, 11) is 0. The Morgan fingerprint density at radius 1 is 1.00 bits per heavy atom. The average Bonchev–Trinajstić information content (AvgIpc) is 2.78. The lowest BCUT2D eigenvalue weighted by atomic mass is 9.92. The summed E-state index contributed by atoms with van der Waals surface area (Å²) in [4.78, 5) is 21.7. The van der Waals surface area contributed by atoms with Crippen molar-refractivity contribution in [2.24, 2.45) is 5.92 Å². The Labute approximate surface area is 115 Å². The van der Waals surface area contributed by atoms with Crippen LogP contribution in [0.3, 0.4) is 0 Å². The van der Waals surface area contributed by atoms with Crippen LogP contribution in [0.15, 0.2) is 17.5 Å². The molecular weight excluding hydrogens is 336 g/mol. The van der Waals surface area contributed by atoms with E-state index in [1.807, 2.05) is 0 Å². The van der Waals surface area contributed by atoms with Crippen LogP contribution >= 0.6 is 11.3 Å². The van der Waals surface area contributed by atoms with Crippen molar-refractivity contribution in [3.63, 3.8) is 0 Å². The minimum atomic E-state index is -6.52. The SMILES string of the molecule is O=C(c1cccs1)C(C(=O)C(F)(F)C(F)(F)F)C(F)(F)F. The predicted octanol–water partition coefficient (Wildman–Crippen LogP) is 3.88. The lowest BCUT2D eigenvalue weighted by molar-refractivity contribution is -0.275. The van der Waals surface area contributed by atoms with Crippen LogP contribution in [0, 0.1) is 5.92 Å². The molecular formula is C10H4F8O2S. The number of hydrogen-bond donors (Lipinski definition) is 0. The van der Waals surface area contributed by atoms with E-state index in [0.29, 0.717) is 11.3 Å². The zero-order valence-electron chi connectivity index (χ0n) is 9.56. The first-order valence-electron chi connectivity index (χ1n) is 4.93. The number of Topliss-reactive ketones (excluding diaryl/α,β-unsaturated/α-hetero) is 2. The summed E-state index contributed by atoms with van der Waals surface area (Å²) < 4.78 is 99.3. The molecule has 0 saturated heterocycles. The molecule has 0 fully saturated rings. The average molecular weight is 340 g/mol. The first-order chi connectivity index (χ1) is 9.30. The standard InChI is InChI=1S/C10H4F8O2S/c11-8(12,10(16,17)18)7(20)5(9(13,14)15)6(19)4-2-1-3-21-4/h1-3,5H. The highest BCUT2D eigenvalue weighted by Gasteiger charge is 2.69. The lowest BCUT2D eigenvalue weighted by Gasteiger charge is -2.24.